The largest absolute Gasteiger partial charge is 0.473 e. The van der Waals surface area contributed by atoms with Crippen molar-refractivity contribution < 1.29 is 27.8 Å². The Kier molecular flexibility index (Phi) is 8.83. The van der Waals surface area contributed by atoms with Gasteiger partial charge in [0.05, 0.1) is 41.5 Å². The number of carbonyl (C=O) groups is 1. The van der Waals surface area contributed by atoms with Gasteiger partial charge in [0.1, 0.15) is 23.8 Å². The van der Waals surface area contributed by atoms with E-state index in [2.05, 4.69) is 14.5 Å². The molecule has 1 atom stereocenters. The number of aromatic nitrogens is 3. The highest BCUT2D eigenvalue weighted by Gasteiger charge is 2.38. The third-order valence-corrected chi connectivity index (χ3v) is 8.46. The number of piperidine rings is 1. The second kappa shape index (κ2) is 12.7. The molecule has 0 radical (unpaired) electrons. The van der Waals surface area contributed by atoms with E-state index in [4.69, 9.17) is 30.8 Å². The van der Waals surface area contributed by atoms with Gasteiger partial charge in [-0.15, -0.1) is 0 Å². The van der Waals surface area contributed by atoms with E-state index in [1.54, 1.807) is 36.4 Å². The minimum absolute atomic E-state index is 0.0430. The Hall–Kier alpha value is -3.60. The van der Waals surface area contributed by atoms with E-state index in [0.717, 1.165) is 29.9 Å². The zero-order valence-electron chi connectivity index (χ0n) is 25.7. The number of alkyl halides is 1. The summed E-state index contributed by atoms with van der Waals surface area (Å²) >= 11 is 5.84. The molecule has 0 N–H and O–H groups in total. The molecule has 6 rings (SSSR count). The maximum Gasteiger partial charge on any atom is 0.338 e. The highest BCUT2D eigenvalue weighted by atomic mass is 35.5. The van der Waals surface area contributed by atoms with Crippen LogP contribution in [0.25, 0.3) is 11.0 Å². The van der Waals surface area contributed by atoms with Gasteiger partial charge < -0.3 is 18.8 Å². The van der Waals surface area contributed by atoms with E-state index >= 15 is 4.39 Å². The number of rotatable bonds is 9. The molecule has 0 amide bonds. The van der Waals surface area contributed by atoms with Crippen molar-refractivity contribution in [3.8, 4) is 5.88 Å². The van der Waals surface area contributed by atoms with E-state index in [-0.39, 0.29) is 37.4 Å². The molecular weight excluding hydrogens is 602 g/mol. The number of ether oxygens (including phenoxy) is 3. The summed E-state index contributed by atoms with van der Waals surface area (Å²) < 4.78 is 49.6. The van der Waals surface area contributed by atoms with E-state index in [1.807, 2.05) is 32.9 Å². The number of hydrogen-bond donors (Lipinski definition) is 0. The van der Waals surface area contributed by atoms with Gasteiger partial charge in [-0.25, -0.2) is 23.5 Å². The van der Waals surface area contributed by atoms with Gasteiger partial charge in [-0.2, -0.15) is 0 Å². The zero-order chi connectivity index (χ0) is 31.8. The van der Waals surface area contributed by atoms with Gasteiger partial charge in [0, 0.05) is 36.3 Å². The second-order valence-corrected chi connectivity index (χ2v) is 13.2. The Morgan fingerprint density at radius 1 is 1.11 bits per heavy atom. The number of fused-ring (bicyclic) bond motifs is 1. The molecule has 0 saturated carbocycles. The van der Waals surface area contributed by atoms with Gasteiger partial charge in [0.2, 0.25) is 5.88 Å². The number of esters is 1. The Morgan fingerprint density at radius 3 is 2.58 bits per heavy atom. The van der Waals surface area contributed by atoms with Crippen LogP contribution >= 0.6 is 11.6 Å². The molecular formula is C34H37ClF2N4O4. The number of nitrogens with zero attached hydrogens (tertiary/aromatic N) is 4. The standard InChI is InChI=1S/C34H37ClF2N4O4/c1-33(2,3)45-32(42)22-8-10-27-28(17-22)41(19-25-11-16-43-25)30(38-27)20-40-14-12-34(37,13-15-40)29-5-4-6-31(39-29)44-21-23-7-9-24(35)18-26(23)36/h4-10,17-18,25H,11-16,19-21H2,1-3H3/t25-/m0/s1. The molecule has 0 bridgehead atoms. The van der Waals surface area contributed by atoms with Gasteiger partial charge in [-0.05, 0) is 76.4 Å². The van der Waals surface area contributed by atoms with Crippen LogP contribution in [0.1, 0.15) is 67.5 Å². The fraction of sp³-hybridized carbons (Fsp3) is 0.441. The number of imidazole rings is 1. The number of likely N-dealkylation sites (tertiary alicyclic amines) is 1. The van der Waals surface area contributed by atoms with Gasteiger partial charge in [0.25, 0.3) is 0 Å². The number of hydrogen-bond acceptors (Lipinski definition) is 7. The lowest BCUT2D eigenvalue weighted by Gasteiger charge is -2.36. The number of benzene rings is 2. The lowest BCUT2D eigenvalue weighted by molar-refractivity contribution is -0.0593. The monoisotopic (exact) mass is 638 g/mol. The normalized spacial score (nSPS) is 18.5. The molecule has 4 heterocycles. The van der Waals surface area contributed by atoms with Crippen molar-refractivity contribution >= 4 is 28.6 Å². The van der Waals surface area contributed by atoms with Gasteiger partial charge >= 0.3 is 5.97 Å². The summed E-state index contributed by atoms with van der Waals surface area (Å²) in [5, 5.41) is 0.305. The summed E-state index contributed by atoms with van der Waals surface area (Å²) in [7, 11) is 0. The first kappa shape index (κ1) is 31.4. The predicted octanol–water partition coefficient (Wildman–Crippen LogP) is 7.01. The molecule has 2 aliphatic heterocycles. The Morgan fingerprint density at radius 2 is 1.89 bits per heavy atom. The van der Waals surface area contributed by atoms with Crippen LogP contribution in [0.4, 0.5) is 8.78 Å². The molecule has 0 unspecified atom stereocenters. The van der Waals surface area contributed by atoms with Gasteiger partial charge in [0.15, 0.2) is 5.67 Å². The molecule has 45 heavy (non-hydrogen) atoms. The van der Waals surface area contributed by atoms with Crippen LogP contribution in [0.2, 0.25) is 5.02 Å². The highest BCUT2D eigenvalue weighted by molar-refractivity contribution is 6.30. The first-order chi connectivity index (χ1) is 21.5. The summed E-state index contributed by atoms with van der Waals surface area (Å²) in [5.74, 6) is 0.231. The fourth-order valence-electron chi connectivity index (χ4n) is 5.65. The quantitative estimate of drug-likeness (QED) is 0.183. The van der Waals surface area contributed by atoms with E-state index in [1.165, 1.54) is 6.07 Å². The Balaban J connectivity index is 1.14. The van der Waals surface area contributed by atoms with Crippen LogP contribution < -0.4 is 4.74 Å². The number of halogens is 3. The van der Waals surface area contributed by atoms with E-state index < -0.39 is 17.1 Å². The predicted molar refractivity (Wildman–Crippen MR) is 167 cm³/mol. The molecule has 8 nitrogen and oxygen atoms in total. The summed E-state index contributed by atoms with van der Waals surface area (Å²) in [6.45, 7) is 8.39. The molecule has 4 aromatic rings. The maximum atomic E-state index is 16.3. The Labute approximate surface area is 266 Å². The van der Waals surface area contributed by atoms with E-state index in [9.17, 15) is 9.18 Å². The topological polar surface area (TPSA) is 78.7 Å². The Bertz CT molecular complexity index is 1690. The third kappa shape index (κ3) is 7.29. The van der Waals surface area contributed by atoms with Crippen molar-refractivity contribution in [1.82, 2.24) is 19.4 Å². The van der Waals surface area contributed by atoms with E-state index in [0.29, 0.717) is 48.0 Å². The molecule has 2 saturated heterocycles. The second-order valence-electron chi connectivity index (χ2n) is 12.8. The smallest absolute Gasteiger partial charge is 0.338 e. The van der Waals surface area contributed by atoms with Crippen LogP contribution in [-0.4, -0.2) is 56.8 Å². The van der Waals surface area contributed by atoms with Crippen LogP contribution in [0.3, 0.4) is 0 Å². The van der Waals surface area contributed by atoms with Crippen molar-refractivity contribution in [1.29, 1.82) is 0 Å². The number of pyridine rings is 1. The fourth-order valence-corrected chi connectivity index (χ4v) is 5.81. The molecule has 238 valence electrons. The van der Waals surface area contributed by atoms with Crippen molar-refractivity contribution in [2.75, 3.05) is 19.7 Å². The van der Waals surface area contributed by atoms with Crippen LogP contribution in [0.15, 0.2) is 54.6 Å². The summed E-state index contributed by atoms with van der Waals surface area (Å²) in [4.78, 5) is 24.3. The molecule has 2 aliphatic rings. The van der Waals surface area contributed by atoms with Gasteiger partial charge in [-0.3, -0.25) is 4.90 Å². The van der Waals surface area contributed by atoms with Crippen molar-refractivity contribution in [3.05, 3.63) is 88.1 Å². The average molecular weight is 639 g/mol. The first-order valence-corrected chi connectivity index (χ1v) is 15.6. The number of carbonyl (C=O) groups excluding carboxylic acids is 1. The lowest BCUT2D eigenvalue weighted by atomic mass is 9.89. The summed E-state index contributed by atoms with van der Waals surface area (Å²) in [6, 6.07) is 14.8. The van der Waals surface area contributed by atoms with Crippen molar-refractivity contribution in [2.24, 2.45) is 0 Å². The van der Waals surface area contributed by atoms with Crippen LogP contribution in [-0.2, 0) is 34.8 Å². The maximum absolute atomic E-state index is 16.3. The van der Waals surface area contributed by atoms with Crippen LogP contribution in [0.5, 0.6) is 5.88 Å². The SMILES string of the molecule is CC(C)(C)OC(=O)c1ccc2nc(CN3CCC(F)(c4cccc(OCc5ccc(Cl)cc5F)n4)CC3)n(C[C@@H]3CCO3)c2c1. The minimum Gasteiger partial charge on any atom is -0.473 e. The first-order valence-electron chi connectivity index (χ1n) is 15.3. The van der Waals surface area contributed by atoms with Crippen molar-refractivity contribution in [2.45, 2.75) is 77.1 Å². The highest BCUT2D eigenvalue weighted by Crippen LogP contribution is 2.37. The van der Waals surface area contributed by atoms with Gasteiger partial charge in [-0.1, -0.05) is 23.7 Å². The summed E-state index contributed by atoms with van der Waals surface area (Å²) in [6.07, 6.45) is 1.56. The summed E-state index contributed by atoms with van der Waals surface area (Å²) in [5.41, 5.74) is 0.526. The molecule has 11 heteroatoms. The molecule has 2 aromatic heterocycles. The molecule has 0 aliphatic carbocycles. The zero-order valence-corrected chi connectivity index (χ0v) is 26.4. The molecule has 0 spiro atoms. The van der Waals surface area contributed by atoms with Crippen molar-refractivity contribution in [3.63, 3.8) is 0 Å². The van der Waals surface area contributed by atoms with Crippen LogP contribution in [0, 0.1) is 5.82 Å². The minimum atomic E-state index is -1.62. The average Bonchev–Trinajstić information content (AvgIpc) is 3.31. The lowest BCUT2D eigenvalue weighted by Crippen LogP contribution is -2.41. The third-order valence-electron chi connectivity index (χ3n) is 8.23. The molecule has 2 fully saturated rings. The molecule has 2 aromatic carbocycles.